The SMILES string of the molecule is COC(=O)[C@@H]1c2ccccc2N2CCCCC[C@](C)(O)[C@@H]12. The lowest BCUT2D eigenvalue weighted by Crippen LogP contribution is -2.54. The highest BCUT2D eigenvalue weighted by atomic mass is 16.5. The summed E-state index contributed by atoms with van der Waals surface area (Å²) < 4.78 is 5.03. The molecule has 1 aromatic carbocycles. The van der Waals surface area contributed by atoms with Crippen molar-refractivity contribution in [3.8, 4) is 0 Å². The van der Waals surface area contributed by atoms with Crippen molar-refractivity contribution in [2.75, 3.05) is 18.6 Å². The molecule has 0 bridgehead atoms. The Kier molecular flexibility index (Phi) is 3.66. The Labute approximate surface area is 125 Å². The average Bonchev–Trinajstić information content (AvgIpc) is 2.80. The molecular formula is C17H23NO3. The number of methoxy groups -OCH3 is 1. The van der Waals surface area contributed by atoms with Crippen molar-refractivity contribution in [2.24, 2.45) is 0 Å². The van der Waals surface area contributed by atoms with Gasteiger partial charge in [0, 0.05) is 12.2 Å². The number of ether oxygens (including phenoxy) is 1. The number of anilines is 1. The first-order chi connectivity index (χ1) is 10.1. The van der Waals surface area contributed by atoms with E-state index in [1.807, 2.05) is 31.2 Å². The Bertz CT molecular complexity index is 541. The van der Waals surface area contributed by atoms with Gasteiger partial charge in [0.25, 0.3) is 0 Å². The first-order valence-corrected chi connectivity index (χ1v) is 7.72. The maximum Gasteiger partial charge on any atom is 0.315 e. The molecule has 4 nitrogen and oxygen atoms in total. The lowest BCUT2D eigenvalue weighted by molar-refractivity contribution is -0.144. The fourth-order valence-electron chi connectivity index (χ4n) is 3.94. The number of fused-ring (bicyclic) bond motifs is 3. The fraction of sp³-hybridized carbons (Fsp3) is 0.588. The van der Waals surface area contributed by atoms with Crippen molar-refractivity contribution in [2.45, 2.75) is 50.2 Å². The number of carbonyl (C=O) groups is 1. The molecule has 0 saturated carbocycles. The fourth-order valence-corrected chi connectivity index (χ4v) is 3.94. The Morgan fingerprint density at radius 1 is 1.33 bits per heavy atom. The minimum absolute atomic E-state index is 0.234. The minimum Gasteiger partial charge on any atom is -0.468 e. The van der Waals surface area contributed by atoms with Crippen LogP contribution in [0, 0.1) is 0 Å². The summed E-state index contributed by atoms with van der Waals surface area (Å²) in [6.07, 6.45) is 3.93. The van der Waals surface area contributed by atoms with E-state index in [9.17, 15) is 9.90 Å². The lowest BCUT2D eigenvalue weighted by Gasteiger charge is -2.41. The van der Waals surface area contributed by atoms with Gasteiger partial charge in [0.2, 0.25) is 0 Å². The molecular weight excluding hydrogens is 266 g/mol. The number of rotatable bonds is 1. The molecule has 1 saturated heterocycles. The first kappa shape index (κ1) is 14.4. The third-order valence-electron chi connectivity index (χ3n) is 4.91. The van der Waals surface area contributed by atoms with E-state index in [0.29, 0.717) is 0 Å². The molecule has 2 aliphatic heterocycles. The molecule has 3 rings (SSSR count). The van der Waals surface area contributed by atoms with Crippen molar-refractivity contribution in [3.05, 3.63) is 29.8 Å². The molecule has 0 radical (unpaired) electrons. The molecule has 0 aromatic heterocycles. The summed E-state index contributed by atoms with van der Waals surface area (Å²) in [5.41, 5.74) is 1.16. The van der Waals surface area contributed by atoms with Crippen LogP contribution in [0.5, 0.6) is 0 Å². The van der Waals surface area contributed by atoms with E-state index in [2.05, 4.69) is 4.90 Å². The Morgan fingerprint density at radius 3 is 2.86 bits per heavy atom. The minimum atomic E-state index is -0.891. The summed E-state index contributed by atoms with van der Waals surface area (Å²) in [6, 6.07) is 7.73. The van der Waals surface area contributed by atoms with Gasteiger partial charge < -0.3 is 14.7 Å². The highest BCUT2D eigenvalue weighted by Gasteiger charge is 2.51. The Morgan fingerprint density at radius 2 is 2.10 bits per heavy atom. The molecule has 21 heavy (non-hydrogen) atoms. The van der Waals surface area contributed by atoms with E-state index >= 15 is 0 Å². The van der Waals surface area contributed by atoms with Crippen LogP contribution in [0.4, 0.5) is 5.69 Å². The summed E-state index contributed by atoms with van der Waals surface area (Å²) >= 11 is 0. The lowest BCUT2D eigenvalue weighted by atomic mass is 9.80. The van der Waals surface area contributed by atoms with Crippen LogP contribution in [0.25, 0.3) is 0 Å². The van der Waals surface area contributed by atoms with Gasteiger partial charge in [-0.2, -0.15) is 0 Å². The summed E-state index contributed by atoms with van der Waals surface area (Å²) in [6.45, 7) is 2.74. The monoisotopic (exact) mass is 289 g/mol. The molecule has 1 fully saturated rings. The number of aliphatic hydroxyl groups is 1. The quantitative estimate of drug-likeness (QED) is 0.807. The van der Waals surface area contributed by atoms with Gasteiger partial charge in [0.1, 0.15) is 5.92 Å². The van der Waals surface area contributed by atoms with Gasteiger partial charge in [-0.25, -0.2) is 0 Å². The topological polar surface area (TPSA) is 49.8 Å². The number of benzene rings is 1. The Balaban J connectivity index is 2.11. The predicted molar refractivity (Wildman–Crippen MR) is 81.4 cm³/mol. The second-order valence-corrected chi connectivity index (χ2v) is 6.37. The number of esters is 1. The smallest absolute Gasteiger partial charge is 0.315 e. The average molecular weight is 289 g/mol. The zero-order valence-corrected chi connectivity index (χ0v) is 12.7. The van der Waals surface area contributed by atoms with Crippen molar-refractivity contribution in [3.63, 3.8) is 0 Å². The molecule has 2 heterocycles. The predicted octanol–water partition coefficient (Wildman–Crippen LogP) is 2.46. The maximum absolute atomic E-state index is 12.4. The van der Waals surface area contributed by atoms with Gasteiger partial charge in [-0.15, -0.1) is 0 Å². The van der Waals surface area contributed by atoms with Crippen LogP contribution in [0.15, 0.2) is 24.3 Å². The largest absolute Gasteiger partial charge is 0.468 e. The highest BCUT2D eigenvalue weighted by Crippen LogP contribution is 2.47. The molecule has 0 amide bonds. The van der Waals surface area contributed by atoms with Gasteiger partial charge in [0.15, 0.2) is 0 Å². The molecule has 3 atom stereocenters. The zero-order chi connectivity index (χ0) is 15.0. The number of nitrogens with zero attached hydrogens (tertiary/aromatic N) is 1. The van der Waals surface area contributed by atoms with E-state index in [1.54, 1.807) is 0 Å². The molecule has 114 valence electrons. The van der Waals surface area contributed by atoms with Crippen LogP contribution in [0.2, 0.25) is 0 Å². The van der Waals surface area contributed by atoms with Gasteiger partial charge in [-0.1, -0.05) is 31.0 Å². The third-order valence-corrected chi connectivity index (χ3v) is 4.91. The van der Waals surface area contributed by atoms with E-state index in [1.165, 1.54) is 7.11 Å². The van der Waals surface area contributed by atoms with E-state index in [4.69, 9.17) is 4.74 Å². The van der Waals surface area contributed by atoms with Crippen LogP contribution >= 0.6 is 0 Å². The molecule has 1 aromatic rings. The highest BCUT2D eigenvalue weighted by molar-refractivity contribution is 5.86. The molecule has 0 unspecified atom stereocenters. The third kappa shape index (κ3) is 2.31. The summed E-state index contributed by atoms with van der Waals surface area (Å²) in [4.78, 5) is 14.6. The molecule has 0 aliphatic carbocycles. The van der Waals surface area contributed by atoms with Crippen molar-refractivity contribution < 1.29 is 14.6 Å². The molecule has 2 aliphatic rings. The van der Waals surface area contributed by atoms with Crippen LogP contribution in [0.3, 0.4) is 0 Å². The van der Waals surface area contributed by atoms with E-state index in [-0.39, 0.29) is 12.0 Å². The zero-order valence-electron chi connectivity index (χ0n) is 12.7. The number of hydrogen-bond acceptors (Lipinski definition) is 4. The molecule has 0 spiro atoms. The summed E-state index contributed by atoms with van der Waals surface area (Å²) in [7, 11) is 1.42. The normalized spacial score (nSPS) is 31.9. The van der Waals surface area contributed by atoms with Gasteiger partial charge in [0.05, 0.1) is 18.8 Å². The van der Waals surface area contributed by atoms with Crippen LogP contribution < -0.4 is 4.90 Å². The Hall–Kier alpha value is -1.55. The summed E-state index contributed by atoms with van der Waals surface area (Å²) in [5.74, 6) is -0.657. The maximum atomic E-state index is 12.4. The second kappa shape index (κ2) is 5.34. The van der Waals surface area contributed by atoms with Crippen molar-refractivity contribution >= 4 is 11.7 Å². The molecule has 1 N–H and O–H groups in total. The first-order valence-electron chi connectivity index (χ1n) is 7.72. The molecule has 4 heteroatoms. The van der Waals surface area contributed by atoms with Crippen molar-refractivity contribution in [1.82, 2.24) is 0 Å². The standard InChI is InChI=1S/C17H23NO3/c1-17(20)10-6-3-7-11-18-13-9-5-4-8-12(13)14(15(17)18)16(19)21-2/h4-5,8-9,14-15,20H,3,6-7,10-11H2,1-2H3/t14-,15-,17+/m1/s1. The number of carbonyl (C=O) groups excluding carboxylic acids is 1. The van der Waals surface area contributed by atoms with Crippen LogP contribution in [0.1, 0.15) is 44.1 Å². The number of hydrogen-bond donors (Lipinski definition) is 1. The summed E-state index contributed by atoms with van der Waals surface area (Å²) in [5, 5.41) is 11.0. The van der Waals surface area contributed by atoms with E-state index < -0.39 is 11.5 Å². The van der Waals surface area contributed by atoms with Gasteiger partial charge >= 0.3 is 5.97 Å². The number of para-hydroxylation sites is 1. The van der Waals surface area contributed by atoms with E-state index in [0.717, 1.165) is 43.5 Å². The van der Waals surface area contributed by atoms with Crippen molar-refractivity contribution in [1.29, 1.82) is 0 Å². The van der Waals surface area contributed by atoms with Crippen LogP contribution in [-0.4, -0.2) is 36.4 Å². The van der Waals surface area contributed by atoms with Gasteiger partial charge in [-0.05, 0) is 31.4 Å². The van der Waals surface area contributed by atoms with Crippen LogP contribution in [-0.2, 0) is 9.53 Å². The second-order valence-electron chi connectivity index (χ2n) is 6.37. The van der Waals surface area contributed by atoms with Gasteiger partial charge in [-0.3, -0.25) is 4.79 Å².